The van der Waals surface area contributed by atoms with Crippen molar-refractivity contribution in [3.63, 3.8) is 0 Å². The lowest BCUT2D eigenvalue weighted by atomic mass is 10.2. The third kappa shape index (κ3) is 5.71. The van der Waals surface area contributed by atoms with Gasteiger partial charge in [-0.25, -0.2) is 18.0 Å². The summed E-state index contributed by atoms with van der Waals surface area (Å²) in [5, 5.41) is 11.5. The number of aliphatic carboxylic acids is 1. The third-order valence-electron chi connectivity index (χ3n) is 3.20. The van der Waals surface area contributed by atoms with E-state index in [1.54, 1.807) is 0 Å². The van der Waals surface area contributed by atoms with Crippen LogP contribution in [0.5, 0.6) is 0 Å². The van der Waals surface area contributed by atoms with Crippen LogP contribution in [-0.4, -0.2) is 85.2 Å². The fourth-order valence-electron chi connectivity index (χ4n) is 1.96. The summed E-state index contributed by atoms with van der Waals surface area (Å²) in [6.45, 7) is 0.977. The van der Waals surface area contributed by atoms with Crippen LogP contribution < -0.4 is 5.32 Å². The molecule has 0 aromatic rings. The van der Waals surface area contributed by atoms with E-state index in [9.17, 15) is 18.0 Å². The molecule has 1 aliphatic heterocycles. The number of rotatable bonds is 6. The van der Waals surface area contributed by atoms with E-state index in [1.165, 1.54) is 21.0 Å². The molecular formula is C11H21N3O5S2. The van der Waals surface area contributed by atoms with Gasteiger partial charge in [0.2, 0.25) is 10.0 Å². The standard InChI is InChI=1S/C11H21N3O5S2/c1-20-8-3-9(10(15)16)12-11(17)13-4-6-14(7-5-13)21(2,18)19/h9H,3-8H2,1-2H3,(H,12,17)(H,15,16). The number of hydrogen-bond donors (Lipinski definition) is 2. The molecule has 21 heavy (non-hydrogen) atoms. The Hall–Kier alpha value is -1.00. The number of urea groups is 1. The molecule has 0 aromatic heterocycles. The van der Waals surface area contributed by atoms with Crippen molar-refractivity contribution in [2.45, 2.75) is 12.5 Å². The number of thioether (sulfide) groups is 1. The van der Waals surface area contributed by atoms with E-state index < -0.39 is 28.1 Å². The Kier molecular flexibility index (Phi) is 6.75. The van der Waals surface area contributed by atoms with Crippen LogP contribution in [-0.2, 0) is 14.8 Å². The van der Waals surface area contributed by atoms with Gasteiger partial charge < -0.3 is 15.3 Å². The maximum absolute atomic E-state index is 12.0. The van der Waals surface area contributed by atoms with Crippen LogP contribution in [0.1, 0.15) is 6.42 Å². The second-order valence-electron chi connectivity index (χ2n) is 4.77. The Morgan fingerprint density at radius 1 is 1.29 bits per heavy atom. The van der Waals surface area contributed by atoms with Gasteiger partial charge in [-0.15, -0.1) is 0 Å². The molecule has 8 nitrogen and oxygen atoms in total. The minimum atomic E-state index is -3.25. The average molecular weight is 339 g/mol. The van der Waals surface area contributed by atoms with Crippen LogP contribution in [0, 0.1) is 0 Å². The minimum absolute atomic E-state index is 0.231. The van der Waals surface area contributed by atoms with Crippen molar-refractivity contribution in [3.8, 4) is 0 Å². The zero-order chi connectivity index (χ0) is 16.0. The van der Waals surface area contributed by atoms with Gasteiger partial charge in [0.1, 0.15) is 6.04 Å². The maximum atomic E-state index is 12.0. The van der Waals surface area contributed by atoms with E-state index in [0.717, 1.165) is 6.26 Å². The van der Waals surface area contributed by atoms with Crippen LogP contribution >= 0.6 is 11.8 Å². The summed E-state index contributed by atoms with van der Waals surface area (Å²) in [7, 11) is -3.25. The molecule has 1 aliphatic rings. The zero-order valence-electron chi connectivity index (χ0n) is 12.1. The summed E-state index contributed by atoms with van der Waals surface area (Å²) in [5.41, 5.74) is 0. The Morgan fingerprint density at radius 3 is 2.29 bits per heavy atom. The van der Waals surface area contributed by atoms with E-state index in [0.29, 0.717) is 12.2 Å². The van der Waals surface area contributed by atoms with E-state index in [-0.39, 0.29) is 26.2 Å². The second kappa shape index (κ2) is 7.85. The van der Waals surface area contributed by atoms with Crippen molar-refractivity contribution in [2.75, 3.05) is 44.4 Å². The molecule has 122 valence electrons. The Balaban J connectivity index is 2.51. The summed E-state index contributed by atoms with van der Waals surface area (Å²) < 4.78 is 24.1. The van der Waals surface area contributed by atoms with Crippen molar-refractivity contribution in [1.82, 2.24) is 14.5 Å². The van der Waals surface area contributed by atoms with Gasteiger partial charge in [-0.1, -0.05) is 0 Å². The summed E-state index contributed by atoms with van der Waals surface area (Å²) >= 11 is 1.51. The molecule has 0 bridgehead atoms. The van der Waals surface area contributed by atoms with Gasteiger partial charge >= 0.3 is 12.0 Å². The molecule has 0 spiro atoms. The fourth-order valence-corrected chi connectivity index (χ4v) is 3.25. The smallest absolute Gasteiger partial charge is 0.326 e. The van der Waals surface area contributed by atoms with Gasteiger partial charge in [-0.05, 0) is 18.4 Å². The topological polar surface area (TPSA) is 107 Å². The van der Waals surface area contributed by atoms with Crippen molar-refractivity contribution < 1.29 is 23.1 Å². The number of carboxylic acid groups (broad SMARTS) is 1. The predicted molar refractivity (Wildman–Crippen MR) is 80.9 cm³/mol. The van der Waals surface area contributed by atoms with E-state index in [1.807, 2.05) is 6.26 Å². The van der Waals surface area contributed by atoms with E-state index in [4.69, 9.17) is 5.11 Å². The highest BCUT2D eigenvalue weighted by Crippen LogP contribution is 2.07. The summed E-state index contributed by atoms with van der Waals surface area (Å²) in [6.07, 6.45) is 3.35. The maximum Gasteiger partial charge on any atom is 0.326 e. The third-order valence-corrected chi connectivity index (χ3v) is 5.15. The quantitative estimate of drug-likeness (QED) is 0.674. The number of piperazine rings is 1. The number of carbonyl (C=O) groups is 2. The second-order valence-corrected chi connectivity index (χ2v) is 7.74. The van der Waals surface area contributed by atoms with Crippen LogP contribution in [0.25, 0.3) is 0 Å². The molecule has 0 aromatic carbocycles. The summed E-state index contributed by atoms with van der Waals surface area (Å²) in [5.74, 6) is -0.425. The van der Waals surface area contributed by atoms with Gasteiger partial charge in [-0.2, -0.15) is 16.1 Å². The molecule has 0 radical (unpaired) electrons. The molecule has 1 fully saturated rings. The van der Waals surface area contributed by atoms with Crippen LogP contribution in [0.2, 0.25) is 0 Å². The van der Waals surface area contributed by atoms with Gasteiger partial charge in [0.05, 0.1) is 6.26 Å². The molecule has 1 rings (SSSR count). The summed E-state index contributed by atoms with van der Waals surface area (Å²) in [6, 6.07) is -1.38. The number of amides is 2. The summed E-state index contributed by atoms with van der Waals surface area (Å²) in [4.78, 5) is 24.5. The number of carbonyl (C=O) groups excluding carboxylic acids is 1. The lowest BCUT2D eigenvalue weighted by Crippen LogP contribution is -2.55. The Bertz CT molecular complexity index is 474. The number of nitrogens with one attached hydrogen (secondary N) is 1. The monoisotopic (exact) mass is 339 g/mol. The number of sulfonamides is 1. The molecular weight excluding hydrogens is 318 g/mol. The molecule has 0 aliphatic carbocycles. The SMILES string of the molecule is CSCCC(NC(=O)N1CCN(S(C)(=O)=O)CC1)C(=O)O. The first kappa shape index (κ1) is 18.1. The lowest BCUT2D eigenvalue weighted by molar-refractivity contribution is -0.139. The predicted octanol–water partition coefficient (Wildman–Crippen LogP) is -0.520. The highest BCUT2D eigenvalue weighted by molar-refractivity contribution is 7.98. The van der Waals surface area contributed by atoms with Crippen LogP contribution in [0.15, 0.2) is 0 Å². The number of carboxylic acids is 1. The normalized spacial score (nSPS) is 18.3. The van der Waals surface area contributed by atoms with Gasteiger partial charge in [-0.3, -0.25) is 0 Å². The van der Waals surface area contributed by atoms with E-state index >= 15 is 0 Å². The lowest BCUT2D eigenvalue weighted by Gasteiger charge is -2.33. The van der Waals surface area contributed by atoms with E-state index in [2.05, 4.69) is 5.32 Å². The highest BCUT2D eigenvalue weighted by atomic mass is 32.2. The molecule has 1 unspecified atom stereocenters. The van der Waals surface area contributed by atoms with Gasteiger partial charge in [0.25, 0.3) is 0 Å². The molecule has 1 saturated heterocycles. The Morgan fingerprint density at radius 2 is 1.86 bits per heavy atom. The number of hydrogen-bond acceptors (Lipinski definition) is 5. The minimum Gasteiger partial charge on any atom is -0.480 e. The molecule has 2 amide bonds. The number of nitrogens with zero attached hydrogens (tertiary/aromatic N) is 2. The average Bonchev–Trinajstić information content (AvgIpc) is 2.42. The van der Waals surface area contributed by atoms with Crippen molar-refractivity contribution in [3.05, 3.63) is 0 Å². The first-order chi connectivity index (χ1) is 9.75. The molecule has 0 saturated carbocycles. The zero-order valence-corrected chi connectivity index (χ0v) is 13.7. The molecule has 2 N–H and O–H groups in total. The largest absolute Gasteiger partial charge is 0.480 e. The molecule has 10 heteroatoms. The molecule has 1 atom stereocenters. The molecule has 1 heterocycles. The Labute approximate surface area is 128 Å². The van der Waals surface area contributed by atoms with Crippen molar-refractivity contribution in [1.29, 1.82) is 0 Å². The van der Waals surface area contributed by atoms with Crippen molar-refractivity contribution in [2.24, 2.45) is 0 Å². The van der Waals surface area contributed by atoms with Gasteiger partial charge in [0, 0.05) is 26.2 Å². The highest BCUT2D eigenvalue weighted by Gasteiger charge is 2.28. The first-order valence-electron chi connectivity index (χ1n) is 6.48. The van der Waals surface area contributed by atoms with Gasteiger partial charge in [0.15, 0.2) is 0 Å². The fraction of sp³-hybridized carbons (Fsp3) is 0.818. The van der Waals surface area contributed by atoms with Crippen LogP contribution in [0.3, 0.4) is 0 Å². The first-order valence-corrected chi connectivity index (χ1v) is 9.72. The van der Waals surface area contributed by atoms with Crippen LogP contribution in [0.4, 0.5) is 4.79 Å². The van der Waals surface area contributed by atoms with Crippen molar-refractivity contribution >= 4 is 33.8 Å².